The van der Waals surface area contributed by atoms with Gasteiger partial charge in [0, 0.05) is 23.3 Å². The third-order valence-corrected chi connectivity index (χ3v) is 2.36. The lowest BCUT2D eigenvalue weighted by molar-refractivity contribution is -0.384. The van der Waals surface area contributed by atoms with Crippen LogP contribution in [0.25, 0.3) is 0 Å². The zero-order valence-corrected chi connectivity index (χ0v) is 10.8. The van der Waals surface area contributed by atoms with Crippen LogP contribution in [-0.2, 0) is 0 Å². The highest BCUT2D eigenvalue weighted by atomic mass is 16.6. The summed E-state index contributed by atoms with van der Waals surface area (Å²) in [6, 6.07) is 14.4. The number of nitrogens with zero attached hydrogens (tertiary/aromatic N) is 1. The number of nitro groups is 1. The summed E-state index contributed by atoms with van der Waals surface area (Å²) in [5.41, 5.74) is 0.769. The van der Waals surface area contributed by atoms with E-state index in [-0.39, 0.29) is 11.5 Å². The molecule has 0 aliphatic carbocycles. The molecule has 0 saturated heterocycles. The summed E-state index contributed by atoms with van der Waals surface area (Å²) in [6.45, 7) is 0. The Morgan fingerprint density at radius 3 is 2.00 bits per heavy atom. The highest BCUT2D eigenvalue weighted by molar-refractivity contribution is 6.30. The van der Waals surface area contributed by atoms with Crippen LogP contribution in [0.5, 0.6) is 0 Å². The van der Waals surface area contributed by atoms with E-state index in [1.165, 1.54) is 18.2 Å². The van der Waals surface area contributed by atoms with E-state index < -0.39 is 12.2 Å². The first-order chi connectivity index (χ1) is 9.91. The van der Waals surface area contributed by atoms with Gasteiger partial charge in [-0.1, -0.05) is 42.5 Å². The van der Waals surface area contributed by atoms with Gasteiger partial charge in [0.1, 0.15) is 0 Å². The maximum Gasteiger partial charge on any atom is 0.631 e. The number of carbonyl (C=O) groups is 1. The van der Waals surface area contributed by atoms with Crippen LogP contribution < -0.4 is 0 Å². The minimum Gasteiger partial charge on any atom is -0.402 e. The van der Waals surface area contributed by atoms with E-state index in [2.05, 4.69) is 0 Å². The Morgan fingerprint density at radius 1 is 0.952 bits per heavy atom. The quantitative estimate of drug-likeness (QED) is 0.332. The zero-order valence-electron chi connectivity index (χ0n) is 10.8. The summed E-state index contributed by atoms with van der Waals surface area (Å²) in [6.07, 6.45) is 0. The van der Waals surface area contributed by atoms with Crippen molar-refractivity contribution < 1.29 is 24.8 Å². The van der Waals surface area contributed by atoms with Crippen LogP contribution in [0.1, 0.15) is 15.9 Å². The first-order valence-electron chi connectivity index (χ1n) is 5.80. The number of non-ortho nitro benzene ring substituents is 1. The summed E-state index contributed by atoms with van der Waals surface area (Å²) >= 11 is 0. The Balaban J connectivity index is 0.000000491. The molecule has 0 spiro atoms. The fourth-order valence-corrected chi connectivity index (χ4v) is 1.52. The van der Waals surface area contributed by atoms with Gasteiger partial charge in [-0.25, -0.2) is 0 Å². The summed E-state index contributed by atoms with van der Waals surface area (Å²) in [5, 5.41) is 32.1. The van der Waals surface area contributed by atoms with Gasteiger partial charge in [-0.3, -0.25) is 14.9 Å². The second-order valence-corrected chi connectivity index (χ2v) is 3.85. The minimum atomic E-state index is -2.17. The highest BCUT2D eigenvalue weighted by Gasteiger charge is 2.12. The smallest absolute Gasteiger partial charge is 0.402 e. The van der Waals surface area contributed by atoms with Crippen LogP contribution in [-0.4, -0.2) is 33.1 Å². The molecule has 7 nitrogen and oxygen atoms in total. The molecule has 0 atom stereocenters. The molecule has 0 amide bonds. The van der Waals surface area contributed by atoms with Crippen molar-refractivity contribution in [3.05, 3.63) is 75.8 Å². The van der Waals surface area contributed by atoms with Gasteiger partial charge in [0.15, 0.2) is 5.78 Å². The molecule has 3 N–H and O–H groups in total. The van der Waals surface area contributed by atoms with Crippen molar-refractivity contribution >= 4 is 18.8 Å². The lowest BCUT2D eigenvalue weighted by Crippen LogP contribution is -2.07. The number of carbonyl (C=O) groups excluding carboxylic acids is 1. The SMILES string of the molecule is O=C(c1ccccc1)c1cccc([N+](=O)[O-])c1.OB(O)O. The number of hydrogen-bond donors (Lipinski definition) is 3. The van der Waals surface area contributed by atoms with Gasteiger partial charge in [0.2, 0.25) is 0 Å². The van der Waals surface area contributed by atoms with E-state index in [1.807, 2.05) is 6.07 Å². The number of benzene rings is 2. The van der Waals surface area contributed by atoms with Crippen molar-refractivity contribution in [1.82, 2.24) is 0 Å². The predicted molar refractivity (Wildman–Crippen MR) is 75.4 cm³/mol. The molecule has 0 radical (unpaired) electrons. The zero-order chi connectivity index (χ0) is 15.8. The number of rotatable bonds is 3. The fourth-order valence-electron chi connectivity index (χ4n) is 1.52. The van der Waals surface area contributed by atoms with Gasteiger partial charge < -0.3 is 15.1 Å². The molecule has 0 fully saturated rings. The summed E-state index contributed by atoms with van der Waals surface area (Å²) in [4.78, 5) is 22.1. The summed E-state index contributed by atoms with van der Waals surface area (Å²) in [5.74, 6) is -0.214. The van der Waals surface area contributed by atoms with Crippen LogP contribution in [0, 0.1) is 10.1 Å². The number of hydrogen-bond acceptors (Lipinski definition) is 6. The molecule has 108 valence electrons. The van der Waals surface area contributed by atoms with E-state index in [4.69, 9.17) is 15.1 Å². The molecule has 21 heavy (non-hydrogen) atoms. The van der Waals surface area contributed by atoms with E-state index in [0.717, 1.165) is 0 Å². The third-order valence-electron chi connectivity index (χ3n) is 2.36. The number of ketones is 1. The van der Waals surface area contributed by atoms with E-state index in [1.54, 1.807) is 30.3 Å². The maximum atomic E-state index is 12.0. The largest absolute Gasteiger partial charge is 0.631 e. The predicted octanol–water partition coefficient (Wildman–Crippen LogP) is 0.774. The van der Waals surface area contributed by atoms with E-state index in [9.17, 15) is 14.9 Å². The highest BCUT2D eigenvalue weighted by Crippen LogP contribution is 2.16. The Bertz CT molecular complexity index is 614. The Morgan fingerprint density at radius 2 is 1.48 bits per heavy atom. The average Bonchev–Trinajstić information content (AvgIpc) is 2.47. The van der Waals surface area contributed by atoms with Crippen molar-refractivity contribution in [3.63, 3.8) is 0 Å². The second-order valence-electron chi connectivity index (χ2n) is 3.85. The molecular weight excluding hydrogens is 277 g/mol. The van der Waals surface area contributed by atoms with Crippen molar-refractivity contribution in [2.24, 2.45) is 0 Å². The normalized spacial score (nSPS) is 9.29. The van der Waals surface area contributed by atoms with Crippen molar-refractivity contribution in [3.8, 4) is 0 Å². The van der Waals surface area contributed by atoms with Crippen LogP contribution in [0.4, 0.5) is 5.69 Å². The Hall–Kier alpha value is -2.55. The van der Waals surface area contributed by atoms with Gasteiger partial charge in [-0.05, 0) is 0 Å². The maximum absolute atomic E-state index is 12.0. The standard InChI is InChI=1S/C13H9NO3.BH3O3/c15-13(10-5-2-1-3-6-10)11-7-4-8-12(9-11)14(16)17;2-1(3)4/h1-9H;2-4H. The first-order valence-corrected chi connectivity index (χ1v) is 5.80. The van der Waals surface area contributed by atoms with Gasteiger partial charge in [-0.15, -0.1) is 0 Å². The Kier molecular flexibility index (Phi) is 6.21. The molecule has 8 heteroatoms. The van der Waals surface area contributed by atoms with Crippen LogP contribution in [0.2, 0.25) is 0 Å². The van der Waals surface area contributed by atoms with Crippen molar-refractivity contribution in [2.75, 3.05) is 0 Å². The van der Waals surface area contributed by atoms with Gasteiger partial charge in [-0.2, -0.15) is 0 Å². The van der Waals surface area contributed by atoms with Gasteiger partial charge in [0.25, 0.3) is 5.69 Å². The lowest BCUT2D eigenvalue weighted by atomic mass is 10.0. The molecule has 0 aliphatic heterocycles. The molecule has 0 heterocycles. The van der Waals surface area contributed by atoms with E-state index in [0.29, 0.717) is 11.1 Å². The van der Waals surface area contributed by atoms with Gasteiger partial charge >= 0.3 is 7.32 Å². The Labute approximate surface area is 120 Å². The van der Waals surface area contributed by atoms with Crippen LogP contribution in [0.15, 0.2) is 54.6 Å². The third kappa shape index (κ3) is 5.53. The van der Waals surface area contributed by atoms with E-state index >= 15 is 0 Å². The molecule has 2 aromatic rings. The van der Waals surface area contributed by atoms with Crippen molar-refractivity contribution in [2.45, 2.75) is 0 Å². The fraction of sp³-hybridized carbons (Fsp3) is 0. The molecule has 0 bridgehead atoms. The monoisotopic (exact) mass is 289 g/mol. The average molecular weight is 289 g/mol. The lowest BCUT2D eigenvalue weighted by Gasteiger charge is -2.00. The van der Waals surface area contributed by atoms with Crippen LogP contribution in [0.3, 0.4) is 0 Å². The minimum absolute atomic E-state index is 0.0771. The second kappa shape index (κ2) is 7.90. The number of nitro benzene ring substituents is 1. The van der Waals surface area contributed by atoms with Crippen LogP contribution >= 0.6 is 0 Å². The topological polar surface area (TPSA) is 121 Å². The molecular formula is C13H12BNO6. The first kappa shape index (κ1) is 16.5. The van der Waals surface area contributed by atoms with Gasteiger partial charge in [0.05, 0.1) is 4.92 Å². The molecule has 2 aromatic carbocycles. The summed E-state index contributed by atoms with van der Waals surface area (Å²) in [7, 11) is -2.17. The molecule has 0 aliphatic rings. The van der Waals surface area contributed by atoms with Crippen molar-refractivity contribution in [1.29, 1.82) is 0 Å². The molecule has 0 saturated carbocycles. The molecule has 0 unspecified atom stereocenters. The molecule has 2 rings (SSSR count). The molecule has 0 aromatic heterocycles. The summed E-state index contributed by atoms with van der Waals surface area (Å²) < 4.78 is 0.